The maximum absolute atomic E-state index is 14.1. The van der Waals surface area contributed by atoms with Crippen LogP contribution in [-0.4, -0.2) is 71.7 Å². The van der Waals surface area contributed by atoms with Crippen LogP contribution in [0.1, 0.15) is 80.2 Å². The highest BCUT2D eigenvalue weighted by Crippen LogP contribution is 2.17. The monoisotopic (exact) mass is 599 g/mol. The Hall–Kier alpha value is -3.43. The van der Waals surface area contributed by atoms with Gasteiger partial charge in [0.25, 0.3) is 0 Å². The SMILES string of the molecule is CC(C)C[C@@H]1NC(=O)[C@H](C(C)C)NC(=O)[C@H](CC(C)C)NC(=O)[C@H](CC(C)C)N(C)C(=O)[C@H](Cc2ccccc2)NC1=O. The standard InChI is InChI=1S/C33H53N5O5/c1-19(2)15-24-29(39)36-26(18-23-13-11-10-12-14-23)33(43)38(9)27(17-21(5)6)31(41)34-25(16-20(3)4)30(40)37-28(22(7)8)32(42)35-24/h10-14,19-22,24-28H,15-18H2,1-9H3,(H,34,41)(H,35,42)(H,36,39)(H,37,40)/t24-,25-,26-,27-,28-/m0/s1. The van der Waals surface area contributed by atoms with E-state index in [0.29, 0.717) is 19.3 Å². The van der Waals surface area contributed by atoms with Gasteiger partial charge in [-0.25, -0.2) is 0 Å². The van der Waals surface area contributed by atoms with E-state index in [1.165, 1.54) is 4.90 Å². The second-order valence-electron chi connectivity index (χ2n) is 13.5. The van der Waals surface area contributed by atoms with E-state index in [4.69, 9.17) is 0 Å². The van der Waals surface area contributed by atoms with E-state index in [1.807, 2.05) is 85.7 Å². The van der Waals surface area contributed by atoms with E-state index >= 15 is 0 Å². The molecule has 1 aromatic rings. The molecule has 0 saturated carbocycles. The molecule has 10 nitrogen and oxygen atoms in total. The van der Waals surface area contributed by atoms with Gasteiger partial charge in [-0.15, -0.1) is 0 Å². The number of rotatable bonds is 9. The number of hydrogen-bond acceptors (Lipinski definition) is 5. The molecule has 0 radical (unpaired) electrons. The van der Waals surface area contributed by atoms with Crippen LogP contribution in [0.5, 0.6) is 0 Å². The van der Waals surface area contributed by atoms with E-state index in [9.17, 15) is 24.0 Å². The Balaban J connectivity index is 2.66. The maximum atomic E-state index is 14.1. The molecule has 5 atom stereocenters. The van der Waals surface area contributed by atoms with Crippen molar-refractivity contribution in [2.75, 3.05) is 7.05 Å². The maximum Gasteiger partial charge on any atom is 0.245 e. The van der Waals surface area contributed by atoms with Gasteiger partial charge in [-0.1, -0.05) is 85.7 Å². The lowest BCUT2D eigenvalue weighted by Gasteiger charge is -2.33. The van der Waals surface area contributed by atoms with Gasteiger partial charge in [0.1, 0.15) is 30.2 Å². The third-order valence-corrected chi connectivity index (χ3v) is 7.64. The fourth-order valence-corrected chi connectivity index (χ4v) is 5.33. The van der Waals surface area contributed by atoms with E-state index in [2.05, 4.69) is 21.3 Å². The minimum absolute atomic E-state index is 0.0591. The van der Waals surface area contributed by atoms with Gasteiger partial charge in [0.15, 0.2) is 0 Å². The first-order valence-electron chi connectivity index (χ1n) is 15.6. The Kier molecular flexibility index (Phi) is 13.7. The number of nitrogens with one attached hydrogen (secondary N) is 4. The zero-order valence-corrected chi connectivity index (χ0v) is 27.4. The van der Waals surface area contributed by atoms with Crippen LogP contribution in [0, 0.1) is 23.7 Å². The molecular formula is C33H53N5O5. The summed E-state index contributed by atoms with van der Waals surface area (Å²) in [6.45, 7) is 15.3. The molecule has 240 valence electrons. The fourth-order valence-electron chi connectivity index (χ4n) is 5.33. The summed E-state index contributed by atoms with van der Waals surface area (Å²) in [5.41, 5.74) is 0.841. The molecule has 0 aliphatic carbocycles. The Bertz CT molecular complexity index is 1100. The van der Waals surface area contributed by atoms with Crippen molar-refractivity contribution in [3.8, 4) is 0 Å². The normalized spacial score (nSPS) is 24.9. The zero-order valence-electron chi connectivity index (χ0n) is 27.4. The largest absolute Gasteiger partial charge is 0.343 e. The molecule has 0 spiro atoms. The first-order chi connectivity index (χ1) is 20.1. The van der Waals surface area contributed by atoms with Crippen molar-refractivity contribution in [2.45, 2.75) is 111 Å². The van der Waals surface area contributed by atoms with Gasteiger partial charge >= 0.3 is 0 Å². The molecule has 2 rings (SSSR count). The van der Waals surface area contributed by atoms with Crippen molar-refractivity contribution in [2.24, 2.45) is 23.7 Å². The number of likely N-dealkylation sites (N-methyl/N-ethyl adjacent to an activating group) is 1. The van der Waals surface area contributed by atoms with Crippen molar-refractivity contribution < 1.29 is 24.0 Å². The zero-order chi connectivity index (χ0) is 32.4. The lowest BCUT2D eigenvalue weighted by Crippen LogP contribution is -2.59. The molecule has 1 aliphatic heterocycles. The van der Waals surface area contributed by atoms with Crippen LogP contribution < -0.4 is 21.3 Å². The molecule has 43 heavy (non-hydrogen) atoms. The lowest BCUT2D eigenvalue weighted by molar-refractivity contribution is -0.143. The van der Waals surface area contributed by atoms with Crippen LogP contribution >= 0.6 is 0 Å². The van der Waals surface area contributed by atoms with Crippen LogP contribution in [0.25, 0.3) is 0 Å². The molecule has 1 saturated heterocycles. The summed E-state index contributed by atoms with van der Waals surface area (Å²) in [4.78, 5) is 70.2. The Morgan fingerprint density at radius 2 is 1.07 bits per heavy atom. The Morgan fingerprint density at radius 3 is 1.56 bits per heavy atom. The highest BCUT2D eigenvalue weighted by atomic mass is 16.2. The van der Waals surface area contributed by atoms with Gasteiger partial charge in [-0.3, -0.25) is 24.0 Å². The van der Waals surface area contributed by atoms with Crippen molar-refractivity contribution in [3.63, 3.8) is 0 Å². The summed E-state index contributed by atoms with van der Waals surface area (Å²) >= 11 is 0. The lowest BCUT2D eigenvalue weighted by atomic mass is 9.97. The molecule has 10 heteroatoms. The highest BCUT2D eigenvalue weighted by Gasteiger charge is 2.38. The van der Waals surface area contributed by atoms with Gasteiger partial charge in [-0.05, 0) is 48.5 Å². The highest BCUT2D eigenvalue weighted by molar-refractivity contribution is 5.98. The number of benzene rings is 1. The third-order valence-electron chi connectivity index (χ3n) is 7.64. The van der Waals surface area contributed by atoms with Gasteiger partial charge in [0, 0.05) is 13.5 Å². The molecular weight excluding hydrogens is 546 g/mol. The van der Waals surface area contributed by atoms with Crippen LogP contribution in [0.15, 0.2) is 30.3 Å². The smallest absolute Gasteiger partial charge is 0.245 e. The second kappa shape index (κ2) is 16.4. The minimum Gasteiger partial charge on any atom is -0.343 e. The number of hydrogen-bond donors (Lipinski definition) is 4. The van der Waals surface area contributed by atoms with E-state index in [0.717, 1.165) is 5.56 Å². The second-order valence-corrected chi connectivity index (χ2v) is 13.5. The molecule has 1 aliphatic rings. The van der Waals surface area contributed by atoms with E-state index in [-0.39, 0.29) is 30.1 Å². The number of carbonyl (C=O) groups excluding carboxylic acids is 5. The fraction of sp³-hybridized carbons (Fsp3) is 0.667. The summed E-state index contributed by atoms with van der Waals surface area (Å²) in [5, 5.41) is 11.5. The first kappa shape index (κ1) is 35.8. The summed E-state index contributed by atoms with van der Waals surface area (Å²) in [5.74, 6) is -2.43. The molecule has 5 amide bonds. The molecule has 4 N–H and O–H groups in total. The van der Waals surface area contributed by atoms with Gasteiger partial charge in [0.05, 0.1) is 0 Å². The summed E-state index contributed by atoms with van der Waals surface area (Å²) in [7, 11) is 1.57. The van der Waals surface area contributed by atoms with Crippen LogP contribution in [-0.2, 0) is 30.4 Å². The Labute approximate surface area is 257 Å². The van der Waals surface area contributed by atoms with E-state index < -0.39 is 59.7 Å². The van der Waals surface area contributed by atoms with Crippen molar-refractivity contribution >= 4 is 29.5 Å². The number of nitrogens with zero attached hydrogens (tertiary/aromatic N) is 1. The predicted octanol–water partition coefficient (Wildman–Crippen LogP) is 2.80. The van der Waals surface area contributed by atoms with Gasteiger partial charge < -0.3 is 26.2 Å². The minimum atomic E-state index is -0.980. The predicted molar refractivity (Wildman–Crippen MR) is 168 cm³/mol. The van der Waals surface area contributed by atoms with Crippen LogP contribution in [0.4, 0.5) is 0 Å². The average Bonchev–Trinajstić information content (AvgIpc) is 2.91. The van der Waals surface area contributed by atoms with Crippen molar-refractivity contribution in [1.29, 1.82) is 0 Å². The molecule has 1 heterocycles. The Morgan fingerprint density at radius 1 is 0.605 bits per heavy atom. The van der Waals surface area contributed by atoms with Crippen LogP contribution in [0.2, 0.25) is 0 Å². The van der Waals surface area contributed by atoms with Gasteiger partial charge in [-0.2, -0.15) is 0 Å². The topological polar surface area (TPSA) is 137 Å². The van der Waals surface area contributed by atoms with Crippen LogP contribution in [0.3, 0.4) is 0 Å². The van der Waals surface area contributed by atoms with Gasteiger partial charge in [0.2, 0.25) is 29.5 Å². The van der Waals surface area contributed by atoms with Crippen molar-refractivity contribution in [3.05, 3.63) is 35.9 Å². The number of carbonyl (C=O) groups is 5. The van der Waals surface area contributed by atoms with E-state index in [1.54, 1.807) is 7.05 Å². The molecule has 0 bridgehead atoms. The third kappa shape index (κ3) is 11.0. The molecule has 0 unspecified atom stereocenters. The summed E-state index contributed by atoms with van der Waals surface area (Å²) in [6.07, 6.45) is 1.26. The molecule has 1 fully saturated rings. The average molecular weight is 600 g/mol. The summed E-state index contributed by atoms with van der Waals surface area (Å²) < 4.78 is 0. The summed E-state index contributed by atoms with van der Waals surface area (Å²) in [6, 6.07) is 4.73. The number of amides is 5. The molecule has 0 aromatic heterocycles. The first-order valence-corrected chi connectivity index (χ1v) is 15.6. The quantitative estimate of drug-likeness (QED) is 0.346. The molecule has 1 aromatic carbocycles. The van der Waals surface area contributed by atoms with Crippen molar-refractivity contribution in [1.82, 2.24) is 26.2 Å².